The first-order valence-electron chi connectivity index (χ1n) is 1.22. The number of rotatable bonds is 0. The van der Waals surface area contributed by atoms with Gasteiger partial charge >= 0.3 is 0 Å². The maximum Gasteiger partial charge on any atom is -0.0125 e. The summed E-state index contributed by atoms with van der Waals surface area (Å²) in [6.45, 7) is 0. The minimum Gasteiger partial charge on any atom is -0.247 e. The minimum atomic E-state index is 1.44. The molecule has 0 bridgehead atoms. The molecular formula is H8ClNSi2. The first kappa shape index (κ1) is 8.82. The van der Waals surface area contributed by atoms with Gasteiger partial charge in [-0.05, 0) is 31.3 Å². The van der Waals surface area contributed by atoms with Crippen molar-refractivity contribution in [2.75, 3.05) is 0 Å². The summed E-state index contributed by atoms with van der Waals surface area (Å²) in [5.74, 6) is 0. The molecule has 0 fully saturated rings. The van der Waals surface area contributed by atoms with Gasteiger partial charge in [-0.3, -0.25) is 0 Å². The van der Waals surface area contributed by atoms with E-state index in [9.17, 15) is 0 Å². The van der Waals surface area contributed by atoms with Crippen LogP contribution in [0.4, 0.5) is 0 Å². The van der Waals surface area contributed by atoms with Crippen molar-refractivity contribution in [2.24, 2.45) is 5.25 Å². The van der Waals surface area contributed by atoms with E-state index in [-0.39, 0.29) is 0 Å². The molecule has 0 radical (unpaired) electrons. The van der Waals surface area contributed by atoms with Crippen LogP contribution in [0.5, 0.6) is 0 Å². The molecule has 28 valence electrons. The van der Waals surface area contributed by atoms with Gasteiger partial charge in [-0.25, -0.2) is 5.25 Å². The van der Waals surface area contributed by atoms with Gasteiger partial charge in [0.05, 0.1) is 0 Å². The third kappa shape index (κ3) is 16.3. The van der Waals surface area contributed by atoms with Gasteiger partial charge in [0, 0.05) is 0 Å². The van der Waals surface area contributed by atoms with Crippen LogP contribution in [0.3, 0.4) is 0 Å². The molecule has 2 N–H and O–H groups in total. The molecule has 0 rings (SSSR count). The minimum absolute atomic E-state index is 1.44. The highest BCUT2D eigenvalue weighted by Crippen LogP contribution is 1.15. The summed E-state index contributed by atoms with van der Waals surface area (Å²) in [4.78, 5) is 0. The fraction of sp³-hybridized carbons (Fsp3) is 0. The van der Waals surface area contributed by atoms with E-state index in [2.05, 4.69) is 17.0 Å². The maximum absolute atomic E-state index is 4.14. The molecule has 1 nitrogen and oxygen atoms in total. The van der Waals surface area contributed by atoms with Gasteiger partial charge in [0.2, 0.25) is 0 Å². The SMILES string of the molecule is NCl.[SiH3][SiH3]. The van der Waals surface area contributed by atoms with Crippen molar-refractivity contribution in [3.8, 4) is 0 Å². The average molecular weight is 114 g/mol. The Labute approximate surface area is 37.3 Å². The highest BCUT2D eigenvalue weighted by atomic mass is 35.5. The molecule has 0 aromatic rings. The lowest BCUT2D eigenvalue weighted by Crippen LogP contribution is -1.48. The van der Waals surface area contributed by atoms with Crippen LogP contribution in [0.1, 0.15) is 0 Å². The van der Waals surface area contributed by atoms with Crippen LogP contribution >= 0.6 is 11.8 Å². The summed E-state index contributed by atoms with van der Waals surface area (Å²) >= 11 is 4.14. The van der Waals surface area contributed by atoms with E-state index in [0.29, 0.717) is 0 Å². The van der Waals surface area contributed by atoms with Crippen molar-refractivity contribution in [2.45, 2.75) is 0 Å². The van der Waals surface area contributed by atoms with E-state index >= 15 is 0 Å². The molecule has 0 aliphatic heterocycles. The fourth-order valence-electron chi connectivity index (χ4n) is 0. The van der Waals surface area contributed by atoms with E-state index in [4.69, 9.17) is 0 Å². The van der Waals surface area contributed by atoms with Crippen molar-refractivity contribution in [3.63, 3.8) is 0 Å². The smallest absolute Gasteiger partial charge is 0.0125 e. The van der Waals surface area contributed by atoms with Crippen molar-refractivity contribution >= 4 is 31.3 Å². The Balaban J connectivity index is 0. The second-order valence-electron chi connectivity index (χ2n) is 0. The lowest BCUT2D eigenvalue weighted by molar-refractivity contribution is 2.00. The van der Waals surface area contributed by atoms with Crippen LogP contribution in [0.2, 0.25) is 0 Å². The second kappa shape index (κ2) is 56.8. The third-order valence-electron chi connectivity index (χ3n) is 0. The third-order valence-corrected chi connectivity index (χ3v) is 0. The predicted molar refractivity (Wildman–Crippen MR) is 29.9 cm³/mol. The van der Waals surface area contributed by atoms with E-state index in [1.807, 2.05) is 0 Å². The zero-order valence-corrected chi connectivity index (χ0v) is 7.71. The first-order chi connectivity index (χ1) is 2.00. The number of halogens is 1. The predicted octanol–water partition coefficient (Wildman–Crippen LogP) is -2.27. The summed E-state index contributed by atoms with van der Waals surface area (Å²) in [6.07, 6.45) is 0. The Morgan fingerprint density at radius 1 is 1.25 bits per heavy atom. The Bertz CT molecular complexity index is 6.00. The molecule has 0 saturated carbocycles. The number of hydrogen-bond acceptors (Lipinski definition) is 1. The Kier molecular flexibility index (Phi) is 125. The molecular weight excluding hydrogens is 106 g/mol. The molecule has 0 saturated heterocycles. The molecule has 0 aliphatic carbocycles. The molecule has 0 spiro atoms. The first-order valence-corrected chi connectivity index (χ1v) is 9.65. The second-order valence-corrected chi connectivity index (χ2v) is 0. The van der Waals surface area contributed by atoms with Gasteiger partial charge in [-0.1, -0.05) is 0 Å². The molecule has 4 heavy (non-hydrogen) atoms. The molecule has 0 unspecified atom stereocenters. The van der Waals surface area contributed by atoms with Gasteiger partial charge in [0.15, 0.2) is 0 Å². The van der Waals surface area contributed by atoms with E-state index < -0.39 is 0 Å². The van der Waals surface area contributed by atoms with Gasteiger partial charge in [0.1, 0.15) is 0 Å². The summed E-state index contributed by atoms with van der Waals surface area (Å²) in [5.41, 5.74) is 0. The van der Waals surface area contributed by atoms with Crippen LogP contribution in [-0.2, 0) is 0 Å². The highest BCUT2D eigenvalue weighted by molar-refractivity contribution is 6.75. The van der Waals surface area contributed by atoms with Crippen molar-refractivity contribution in [1.82, 2.24) is 0 Å². The Morgan fingerprint density at radius 3 is 1.25 bits per heavy atom. The molecule has 0 amide bonds. The Hall–Kier alpha value is 0.684. The van der Waals surface area contributed by atoms with Crippen molar-refractivity contribution < 1.29 is 0 Å². The quantitative estimate of drug-likeness (QED) is 0.278. The lowest BCUT2D eigenvalue weighted by atomic mass is 14.0. The fourth-order valence-corrected chi connectivity index (χ4v) is 0. The van der Waals surface area contributed by atoms with Gasteiger partial charge in [-0.2, -0.15) is 0 Å². The zero-order valence-electron chi connectivity index (χ0n) is 2.96. The summed E-state index contributed by atoms with van der Waals surface area (Å²) < 4.78 is 0. The van der Waals surface area contributed by atoms with Crippen LogP contribution in [0, 0.1) is 0 Å². The van der Waals surface area contributed by atoms with Gasteiger partial charge in [-0.15, -0.1) is 0 Å². The standard InChI is InChI=1S/ClH2N.H6Si2/c2*1-2/h2H2;1-2H3. The highest BCUT2D eigenvalue weighted by Gasteiger charge is 0.988. The number of hydrogen-bond donors (Lipinski definition) is 1. The van der Waals surface area contributed by atoms with E-state index in [0.717, 1.165) is 0 Å². The van der Waals surface area contributed by atoms with Crippen molar-refractivity contribution in [3.05, 3.63) is 0 Å². The van der Waals surface area contributed by atoms with Gasteiger partial charge in [0.25, 0.3) is 0 Å². The normalized spacial score (nSPS) is 4.50. The lowest BCUT2D eigenvalue weighted by Gasteiger charge is -1.14. The average Bonchev–Trinajstić information content (AvgIpc) is 1.50. The zero-order chi connectivity index (χ0) is 4.00. The molecule has 0 aromatic carbocycles. The van der Waals surface area contributed by atoms with Crippen molar-refractivity contribution in [1.29, 1.82) is 0 Å². The summed E-state index contributed by atoms with van der Waals surface area (Å²) in [7, 11) is 2.89. The summed E-state index contributed by atoms with van der Waals surface area (Å²) in [5, 5.41) is 3.97. The topological polar surface area (TPSA) is 26.0 Å². The van der Waals surface area contributed by atoms with Crippen LogP contribution in [0.25, 0.3) is 0 Å². The van der Waals surface area contributed by atoms with Crippen LogP contribution in [0.15, 0.2) is 0 Å². The molecule has 0 heterocycles. The molecule has 4 heteroatoms. The van der Waals surface area contributed by atoms with Crippen LogP contribution < -0.4 is 5.25 Å². The maximum atomic E-state index is 4.14. The molecule has 0 aliphatic rings. The van der Waals surface area contributed by atoms with E-state index in [1.165, 1.54) is 19.5 Å². The van der Waals surface area contributed by atoms with Gasteiger partial charge < -0.3 is 0 Å². The Morgan fingerprint density at radius 2 is 1.25 bits per heavy atom. The van der Waals surface area contributed by atoms with E-state index in [1.54, 1.807) is 0 Å². The molecule has 0 atom stereocenters. The summed E-state index contributed by atoms with van der Waals surface area (Å²) in [6, 6.07) is 0. The number of nitrogens with two attached hydrogens (primary N) is 1. The van der Waals surface area contributed by atoms with Crippen LogP contribution in [-0.4, -0.2) is 19.5 Å². The largest absolute Gasteiger partial charge is 0.247 e. The monoisotopic (exact) mass is 113 g/mol. The molecule has 0 aromatic heterocycles.